The standard InChI is InChI=1S/C29H31N5O5/c30-24-13-25-19-38-26-8-4-7-21(12-26)22-11-23(15-31-14-22)28(36)32-9-10-33(17-27(35)34(25)16-24)29(37)39-18-20-5-2-1-3-6-20/h1-8,11-12,14-15,24-25H,9-10,13,16-19,30H2,(H,32,36)/t24-,25+/m1/s1. The topological polar surface area (TPSA) is 127 Å². The minimum atomic E-state index is -0.643. The van der Waals surface area contributed by atoms with Crippen LogP contribution in [0.15, 0.2) is 73.1 Å². The van der Waals surface area contributed by atoms with E-state index in [9.17, 15) is 14.4 Å². The van der Waals surface area contributed by atoms with Crippen LogP contribution in [0.2, 0.25) is 0 Å². The van der Waals surface area contributed by atoms with E-state index in [-0.39, 0.29) is 56.7 Å². The van der Waals surface area contributed by atoms with Crippen LogP contribution in [0.25, 0.3) is 11.1 Å². The first kappa shape index (κ1) is 26.2. The normalized spacial score (nSPS) is 19.9. The molecule has 10 nitrogen and oxygen atoms in total. The number of nitrogens with two attached hydrogens (primary N) is 1. The third-order valence-corrected chi connectivity index (χ3v) is 6.83. The van der Waals surface area contributed by atoms with E-state index in [2.05, 4.69) is 10.3 Å². The third kappa shape index (κ3) is 6.53. The first-order chi connectivity index (χ1) is 19.0. The quantitative estimate of drug-likeness (QED) is 0.522. The highest BCUT2D eigenvalue weighted by atomic mass is 16.6. The van der Waals surface area contributed by atoms with Crippen molar-refractivity contribution in [2.45, 2.75) is 25.1 Å². The third-order valence-electron chi connectivity index (χ3n) is 6.83. The average molecular weight is 530 g/mol. The number of nitrogens with one attached hydrogen (secondary N) is 1. The van der Waals surface area contributed by atoms with E-state index in [1.54, 1.807) is 17.2 Å². The Bertz CT molecular complexity index is 1330. The van der Waals surface area contributed by atoms with Gasteiger partial charge in [0.25, 0.3) is 5.91 Å². The van der Waals surface area contributed by atoms with Crippen molar-refractivity contribution < 1.29 is 23.9 Å². The van der Waals surface area contributed by atoms with Crippen LogP contribution in [0.5, 0.6) is 5.75 Å². The van der Waals surface area contributed by atoms with E-state index in [4.69, 9.17) is 15.2 Å². The number of ether oxygens (including phenoxy) is 2. The summed E-state index contributed by atoms with van der Waals surface area (Å²) in [5.74, 6) is 0.0368. The number of carbonyl (C=O) groups is 3. The number of carbonyl (C=O) groups excluding carboxylic acids is 3. The van der Waals surface area contributed by atoms with Gasteiger partial charge in [-0.2, -0.15) is 0 Å². The first-order valence-electron chi connectivity index (χ1n) is 12.9. The molecule has 2 aromatic carbocycles. The number of nitrogens with zero attached hydrogens (tertiary/aromatic N) is 3. The van der Waals surface area contributed by atoms with Crippen LogP contribution in [-0.2, 0) is 16.1 Å². The van der Waals surface area contributed by atoms with Crippen LogP contribution in [-0.4, -0.2) is 77.6 Å². The Morgan fingerprint density at radius 2 is 1.87 bits per heavy atom. The van der Waals surface area contributed by atoms with Gasteiger partial charge in [-0.15, -0.1) is 0 Å². The van der Waals surface area contributed by atoms with E-state index in [1.165, 1.54) is 11.1 Å². The Morgan fingerprint density at radius 1 is 1.05 bits per heavy atom. The average Bonchev–Trinajstić information content (AvgIpc) is 3.35. The molecule has 0 aliphatic carbocycles. The largest absolute Gasteiger partial charge is 0.491 e. The zero-order valence-electron chi connectivity index (χ0n) is 21.5. The lowest BCUT2D eigenvalue weighted by Crippen LogP contribution is -2.48. The second-order valence-electron chi connectivity index (χ2n) is 9.71. The zero-order chi connectivity index (χ0) is 27.2. The fourth-order valence-electron chi connectivity index (χ4n) is 4.80. The molecule has 1 saturated heterocycles. The summed E-state index contributed by atoms with van der Waals surface area (Å²) in [5, 5.41) is 2.82. The molecule has 1 fully saturated rings. The number of amides is 3. The molecule has 0 saturated carbocycles. The maximum absolute atomic E-state index is 13.4. The van der Waals surface area contributed by atoms with Gasteiger partial charge in [0.05, 0.1) is 11.6 Å². The summed E-state index contributed by atoms with van der Waals surface area (Å²) in [6.45, 7) is 0.698. The van der Waals surface area contributed by atoms with Crippen molar-refractivity contribution in [1.82, 2.24) is 20.1 Å². The Kier molecular flexibility index (Phi) is 8.02. The molecule has 2 aliphatic heterocycles. The summed E-state index contributed by atoms with van der Waals surface area (Å²) in [6.07, 6.45) is 3.12. The van der Waals surface area contributed by atoms with Crippen LogP contribution < -0.4 is 15.8 Å². The van der Waals surface area contributed by atoms with Crippen molar-refractivity contribution in [2.24, 2.45) is 5.73 Å². The predicted molar refractivity (Wildman–Crippen MR) is 144 cm³/mol. The van der Waals surface area contributed by atoms with E-state index in [0.29, 0.717) is 24.3 Å². The molecule has 0 radical (unpaired) electrons. The predicted octanol–water partition coefficient (Wildman–Crippen LogP) is 2.44. The van der Waals surface area contributed by atoms with Crippen LogP contribution in [0.3, 0.4) is 0 Å². The molecule has 3 N–H and O–H groups in total. The minimum Gasteiger partial charge on any atom is -0.491 e. The molecule has 3 aromatic rings. The van der Waals surface area contributed by atoms with Gasteiger partial charge in [0.15, 0.2) is 0 Å². The molecule has 10 heteroatoms. The van der Waals surface area contributed by atoms with Gasteiger partial charge in [0, 0.05) is 43.6 Å². The molecule has 3 amide bonds. The van der Waals surface area contributed by atoms with Crippen molar-refractivity contribution in [1.29, 1.82) is 0 Å². The lowest BCUT2D eigenvalue weighted by atomic mass is 10.1. The minimum absolute atomic E-state index is 0.0682. The fourth-order valence-corrected chi connectivity index (χ4v) is 4.80. The highest BCUT2D eigenvalue weighted by Crippen LogP contribution is 2.26. The van der Waals surface area contributed by atoms with Gasteiger partial charge in [-0.1, -0.05) is 42.5 Å². The number of rotatable bonds is 2. The van der Waals surface area contributed by atoms with Gasteiger partial charge < -0.3 is 25.4 Å². The molecule has 2 aliphatic rings. The van der Waals surface area contributed by atoms with Gasteiger partial charge >= 0.3 is 6.09 Å². The van der Waals surface area contributed by atoms with Gasteiger partial charge in [-0.05, 0) is 35.7 Å². The molecule has 5 rings (SSSR count). The summed E-state index contributed by atoms with van der Waals surface area (Å²) in [7, 11) is 0. The molecule has 0 spiro atoms. The lowest BCUT2D eigenvalue weighted by molar-refractivity contribution is -0.133. The zero-order valence-corrected chi connectivity index (χ0v) is 21.5. The van der Waals surface area contributed by atoms with Crippen molar-refractivity contribution in [3.8, 4) is 16.9 Å². The maximum Gasteiger partial charge on any atom is 0.410 e. The van der Waals surface area contributed by atoms with Gasteiger partial charge in [0.1, 0.15) is 25.5 Å². The SMILES string of the molecule is N[C@@H]1C[C@H]2COc3cccc(c3)-c3cncc(c3)C(=O)NCCN(C(=O)OCc3ccccc3)CC(=O)N2C1. The van der Waals surface area contributed by atoms with E-state index < -0.39 is 6.09 Å². The van der Waals surface area contributed by atoms with Gasteiger partial charge in [0.2, 0.25) is 5.91 Å². The number of pyridine rings is 1. The lowest BCUT2D eigenvalue weighted by Gasteiger charge is -2.28. The highest BCUT2D eigenvalue weighted by Gasteiger charge is 2.35. The molecule has 202 valence electrons. The van der Waals surface area contributed by atoms with Crippen LogP contribution in [0.1, 0.15) is 22.3 Å². The van der Waals surface area contributed by atoms with Crippen molar-refractivity contribution in [2.75, 3.05) is 32.8 Å². The number of hydrogen-bond acceptors (Lipinski definition) is 7. The number of aromatic nitrogens is 1. The Balaban J connectivity index is 1.39. The Hall–Kier alpha value is -4.44. The Morgan fingerprint density at radius 3 is 2.72 bits per heavy atom. The molecule has 3 heterocycles. The van der Waals surface area contributed by atoms with E-state index in [1.807, 2.05) is 54.6 Å². The second kappa shape index (κ2) is 12.0. The van der Waals surface area contributed by atoms with Crippen molar-refractivity contribution >= 4 is 17.9 Å². The Labute approximate surface area is 226 Å². The number of fused-ring (bicyclic) bond motifs is 6. The molecule has 39 heavy (non-hydrogen) atoms. The monoisotopic (exact) mass is 529 g/mol. The van der Waals surface area contributed by atoms with Gasteiger partial charge in [-0.3, -0.25) is 19.5 Å². The van der Waals surface area contributed by atoms with Crippen molar-refractivity contribution in [3.05, 3.63) is 84.2 Å². The smallest absolute Gasteiger partial charge is 0.410 e. The number of hydrogen-bond donors (Lipinski definition) is 2. The second-order valence-corrected chi connectivity index (χ2v) is 9.71. The summed E-state index contributed by atoms with van der Waals surface area (Å²) < 4.78 is 11.6. The molecule has 0 unspecified atom stereocenters. The molecule has 1 aromatic heterocycles. The summed E-state index contributed by atoms with van der Waals surface area (Å²) >= 11 is 0. The van der Waals surface area contributed by atoms with E-state index >= 15 is 0 Å². The van der Waals surface area contributed by atoms with Gasteiger partial charge in [-0.25, -0.2) is 4.79 Å². The summed E-state index contributed by atoms with van der Waals surface area (Å²) in [5.41, 5.74) is 9.04. The van der Waals surface area contributed by atoms with Crippen LogP contribution in [0, 0.1) is 0 Å². The first-order valence-corrected chi connectivity index (χ1v) is 12.9. The molecular weight excluding hydrogens is 498 g/mol. The number of benzene rings is 2. The highest BCUT2D eigenvalue weighted by molar-refractivity contribution is 5.95. The van der Waals surface area contributed by atoms with E-state index in [0.717, 1.165) is 16.7 Å². The van der Waals surface area contributed by atoms with Crippen molar-refractivity contribution in [3.63, 3.8) is 0 Å². The van der Waals surface area contributed by atoms with Crippen LogP contribution in [0.4, 0.5) is 4.79 Å². The summed E-state index contributed by atoms with van der Waals surface area (Å²) in [4.78, 5) is 46.6. The maximum atomic E-state index is 13.4. The molecule has 4 bridgehead atoms. The van der Waals surface area contributed by atoms with Crippen LogP contribution >= 0.6 is 0 Å². The molecule has 2 atom stereocenters. The molecular formula is C29H31N5O5. The summed E-state index contributed by atoms with van der Waals surface area (Å²) in [6, 6.07) is 18.1. The fraction of sp³-hybridized carbons (Fsp3) is 0.310.